The highest BCUT2D eigenvalue weighted by atomic mass is 16.3. The monoisotopic (exact) mass is 530 g/mol. The molecule has 0 aromatic rings. The number of aliphatic hydroxyl groups excluding tert-OH is 1. The van der Waals surface area contributed by atoms with Crippen molar-refractivity contribution in [3.05, 3.63) is 0 Å². The maximum Gasteiger partial charge on any atom is 0.0577 e. The molecule has 3 N–H and O–H groups in total. The normalized spacial score (nSPS) is 41.5. The van der Waals surface area contributed by atoms with Crippen LogP contribution in [0.1, 0.15) is 157 Å². The minimum absolute atomic E-state index is 0.0371. The van der Waals surface area contributed by atoms with E-state index in [1.165, 1.54) is 116 Å². The highest BCUT2D eigenvalue weighted by Gasteiger charge is 2.62. The molecular weight excluding hydrogens is 462 g/mol. The number of nitrogens with two attached hydrogens (primary N) is 1. The zero-order chi connectivity index (χ0) is 27.3. The van der Waals surface area contributed by atoms with E-state index in [2.05, 4.69) is 34.6 Å². The average molecular weight is 530 g/mol. The fourth-order valence-electron chi connectivity index (χ4n) is 11.1. The van der Waals surface area contributed by atoms with Crippen LogP contribution in [0.3, 0.4) is 0 Å². The first-order chi connectivity index (χ1) is 18.2. The number of aliphatic hydroxyl groups is 1. The van der Waals surface area contributed by atoms with E-state index in [1.807, 2.05) is 0 Å². The van der Waals surface area contributed by atoms with Gasteiger partial charge in [0.05, 0.1) is 6.10 Å². The minimum Gasteiger partial charge on any atom is -0.393 e. The van der Waals surface area contributed by atoms with E-state index in [1.54, 1.807) is 0 Å². The van der Waals surface area contributed by atoms with Crippen LogP contribution >= 0.6 is 0 Å². The number of unbranched alkanes of at least 4 members (excludes halogenated alkanes) is 6. The molecular formula is C36H67NO. The molecule has 4 rings (SSSR count). The second-order valence-electron chi connectivity index (χ2n) is 16.0. The van der Waals surface area contributed by atoms with Crippen molar-refractivity contribution in [2.24, 2.45) is 63.9 Å². The first kappa shape index (κ1) is 30.9. The second-order valence-corrected chi connectivity index (χ2v) is 16.0. The molecule has 0 bridgehead atoms. The van der Waals surface area contributed by atoms with Crippen LogP contribution in [0.2, 0.25) is 0 Å². The Labute approximate surface area is 238 Å². The van der Waals surface area contributed by atoms with E-state index in [0.29, 0.717) is 16.7 Å². The Balaban J connectivity index is 1.30. The lowest BCUT2D eigenvalue weighted by Crippen LogP contribution is -2.58. The van der Waals surface area contributed by atoms with Gasteiger partial charge in [-0.15, -0.1) is 0 Å². The molecule has 222 valence electrons. The maximum absolute atomic E-state index is 11.8. The van der Waals surface area contributed by atoms with Gasteiger partial charge in [-0.1, -0.05) is 98.8 Å². The molecule has 4 saturated carbocycles. The van der Waals surface area contributed by atoms with Gasteiger partial charge < -0.3 is 10.8 Å². The summed E-state index contributed by atoms with van der Waals surface area (Å²) in [6, 6.07) is 0. The summed E-state index contributed by atoms with van der Waals surface area (Å²) in [7, 11) is 0. The zero-order valence-corrected chi connectivity index (χ0v) is 26.4. The van der Waals surface area contributed by atoms with Crippen molar-refractivity contribution in [1.82, 2.24) is 0 Å². The third-order valence-corrected chi connectivity index (χ3v) is 13.3. The van der Waals surface area contributed by atoms with Crippen LogP contribution in [0.25, 0.3) is 0 Å². The van der Waals surface area contributed by atoms with E-state index in [0.717, 1.165) is 54.4 Å². The Morgan fingerprint density at radius 1 is 0.737 bits per heavy atom. The summed E-state index contributed by atoms with van der Waals surface area (Å²) in [5, 5.41) is 11.8. The lowest BCUT2D eigenvalue weighted by molar-refractivity contribution is -0.169. The summed E-state index contributed by atoms with van der Waals surface area (Å²) in [5.74, 6) is 6.39. The predicted molar refractivity (Wildman–Crippen MR) is 164 cm³/mol. The molecule has 2 heteroatoms. The lowest BCUT2D eigenvalue weighted by atomic mass is 9.43. The molecule has 0 amide bonds. The van der Waals surface area contributed by atoms with Gasteiger partial charge in [-0.3, -0.25) is 0 Å². The number of rotatable bonds is 14. The van der Waals surface area contributed by atoms with Crippen molar-refractivity contribution >= 4 is 0 Å². The Hall–Kier alpha value is -0.0800. The van der Waals surface area contributed by atoms with Crippen LogP contribution in [0.4, 0.5) is 0 Å². The standard InChI is InChI=1S/C36H67NO/c1-26(2)14-13-15-27(3)30-17-18-31-34-32(20-22-36(30,31)5)35(4)21-19-28(24-29(35)25-33(34)38)16-11-9-7-6-8-10-12-23-37/h26-34,38H,6-25,37H2,1-5H3/t27?,28-,29?,30?,31?,32?,33?,34?,35?,36?/m0/s1. The minimum atomic E-state index is -0.0371. The highest BCUT2D eigenvalue weighted by molar-refractivity contribution is 5.11. The smallest absolute Gasteiger partial charge is 0.0577 e. The van der Waals surface area contributed by atoms with Crippen LogP contribution in [0.15, 0.2) is 0 Å². The van der Waals surface area contributed by atoms with Crippen LogP contribution < -0.4 is 5.73 Å². The molecule has 0 aromatic heterocycles. The van der Waals surface area contributed by atoms with Crippen molar-refractivity contribution in [1.29, 1.82) is 0 Å². The van der Waals surface area contributed by atoms with Crippen molar-refractivity contribution < 1.29 is 5.11 Å². The van der Waals surface area contributed by atoms with Crippen molar-refractivity contribution in [3.8, 4) is 0 Å². The molecule has 0 aromatic carbocycles. The second kappa shape index (κ2) is 13.7. The fraction of sp³-hybridized carbons (Fsp3) is 1.00. The Bertz CT molecular complexity index is 705. The van der Waals surface area contributed by atoms with Gasteiger partial charge in [0.2, 0.25) is 0 Å². The van der Waals surface area contributed by atoms with E-state index in [9.17, 15) is 5.11 Å². The summed E-state index contributed by atoms with van der Waals surface area (Å²) in [4.78, 5) is 0. The van der Waals surface area contributed by atoms with E-state index in [4.69, 9.17) is 5.73 Å². The van der Waals surface area contributed by atoms with Gasteiger partial charge in [-0.2, -0.15) is 0 Å². The van der Waals surface area contributed by atoms with Crippen molar-refractivity contribution in [2.75, 3.05) is 6.54 Å². The largest absolute Gasteiger partial charge is 0.393 e. The number of hydrogen-bond acceptors (Lipinski definition) is 2. The molecule has 9 unspecified atom stereocenters. The third kappa shape index (κ3) is 6.69. The molecule has 4 aliphatic carbocycles. The molecule has 2 nitrogen and oxygen atoms in total. The van der Waals surface area contributed by atoms with Crippen LogP contribution in [-0.4, -0.2) is 17.8 Å². The Morgan fingerprint density at radius 2 is 1.39 bits per heavy atom. The molecule has 4 fully saturated rings. The van der Waals surface area contributed by atoms with Gasteiger partial charge in [0.25, 0.3) is 0 Å². The first-order valence-electron chi connectivity index (χ1n) is 17.6. The fourth-order valence-corrected chi connectivity index (χ4v) is 11.1. The summed E-state index contributed by atoms with van der Waals surface area (Å²) >= 11 is 0. The molecule has 0 radical (unpaired) electrons. The van der Waals surface area contributed by atoms with E-state index >= 15 is 0 Å². The van der Waals surface area contributed by atoms with Gasteiger partial charge >= 0.3 is 0 Å². The van der Waals surface area contributed by atoms with Gasteiger partial charge in [-0.25, -0.2) is 0 Å². The van der Waals surface area contributed by atoms with Gasteiger partial charge in [0, 0.05) is 0 Å². The van der Waals surface area contributed by atoms with E-state index in [-0.39, 0.29) is 6.10 Å². The number of hydrogen-bond donors (Lipinski definition) is 2. The molecule has 0 heterocycles. The Morgan fingerprint density at radius 3 is 2.11 bits per heavy atom. The highest BCUT2D eigenvalue weighted by Crippen LogP contribution is 2.68. The van der Waals surface area contributed by atoms with Crippen LogP contribution in [0.5, 0.6) is 0 Å². The maximum atomic E-state index is 11.8. The molecule has 0 saturated heterocycles. The van der Waals surface area contributed by atoms with Crippen molar-refractivity contribution in [3.63, 3.8) is 0 Å². The average Bonchev–Trinajstić information content (AvgIpc) is 3.23. The van der Waals surface area contributed by atoms with Crippen LogP contribution in [0, 0.1) is 58.2 Å². The molecule has 0 aliphatic heterocycles. The van der Waals surface area contributed by atoms with Gasteiger partial charge in [-0.05, 0) is 123 Å². The summed E-state index contributed by atoms with van der Waals surface area (Å²) in [6.45, 7) is 13.5. The topological polar surface area (TPSA) is 46.2 Å². The van der Waals surface area contributed by atoms with Gasteiger partial charge in [0.1, 0.15) is 0 Å². The van der Waals surface area contributed by atoms with Crippen molar-refractivity contribution in [2.45, 2.75) is 163 Å². The lowest BCUT2D eigenvalue weighted by Gasteiger charge is -2.62. The number of fused-ring (bicyclic) bond motifs is 5. The third-order valence-electron chi connectivity index (χ3n) is 13.3. The summed E-state index contributed by atoms with van der Waals surface area (Å²) in [6.07, 6.45) is 26.2. The molecule has 0 spiro atoms. The summed E-state index contributed by atoms with van der Waals surface area (Å²) in [5.41, 5.74) is 6.59. The Kier molecular flexibility index (Phi) is 11.1. The summed E-state index contributed by atoms with van der Waals surface area (Å²) < 4.78 is 0. The zero-order valence-electron chi connectivity index (χ0n) is 26.4. The van der Waals surface area contributed by atoms with Gasteiger partial charge in [0.15, 0.2) is 0 Å². The van der Waals surface area contributed by atoms with Crippen LogP contribution in [-0.2, 0) is 0 Å². The molecule has 4 aliphatic rings. The quantitative estimate of drug-likeness (QED) is 0.220. The molecule has 10 atom stereocenters. The SMILES string of the molecule is CC(C)CCCC(C)C1CCC2C3C(O)CC4C[C@@H](CCCCCCCCCN)CCC4(C)C3CCC12C. The molecule has 38 heavy (non-hydrogen) atoms. The van der Waals surface area contributed by atoms with E-state index < -0.39 is 0 Å². The first-order valence-corrected chi connectivity index (χ1v) is 17.6. The predicted octanol–water partition coefficient (Wildman–Crippen LogP) is 9.77.